The van der Waals surface area contributed by atoms with E-state index >= 15 is 0 Å². The van der Waals surface area contributed by atoms with Crippen molar-refractivity contribution < 1.29 is 28.4 Å². The maximum Gasteiger partial charge on any atom is 0.241 e. The van der Waals surface area contributed by atoms with Gasteiger partial charge >= 0.3 is 0 Å². The minimum Gasteiger partial charge on any atom is -0.457 e. The van der Waals surface area contributed by atoms with E-state index in [9.17, 15) is 0 Å². The molecule has 4 aliphatic rings. The van der Waals surface area contributed by atoms with Crippen LogP contribution in [0.4, 0.5) is 0 Å². The molecule has 0 N–H and O–H groups in total. The summed E-state index contributed by atoms with van der Waals surface area (Å²) < 4.78 is 35.7. The highest BCUT2D eigenvalue weighted by atomic mass is 16.7. The molecule has 0 aromatic heterocycles. The molecular weight excluding hydrogens is 396 g/mol. The predicted octanol–water partition coefficient (Wildman–Crippen LogP) is 4.71. The van der Waals surface area contributed by atoms with Crippen LogP contribution in [0.1, 0.15) is 29.2 Å². The first kappa shape index (κ1) is 17.3. The highest BCUT2D eigenvalue weighted by Crippen LogP contribution is 2.56. The lowest BCUT2D eigenvalue weighted by atomic mass is 9.82. The van der Waals surface area contributed by atoms with Crippen molar-refractivity contribution in [2.45, 2.75) is 24.7 Å². The molecule has 1 saturated heterocycles. The number of hydrogen-bond acceptors (Lipinski definition) is 6. The Bertz CT molecular complexity index is 1190. The van der Waals surface area contributed by atoms with E-state index in [1.54, 1.807) is 0 Å². The molecule has 0 amide bonds. The van der Waals surface area contributed by atoms with Crippen molar-refractivity contribution in [2.75, 3.05) is 13.6 Å². The third-order valence-electron chi connectivity index (χ3n) is 6.60. The average Bonchev–Trinajstić information content (AvgIpc) is 3.54. The van der Waals surface area contributed by atoms with Crippen molar-refractivity contribution in [1.29, 1.82) is 0 Å². The third kappa shape index (κ3) is 2.55. The van der Waals surface area contributed by atoms with E-state index in [2.05, 4.69) is 18.2 Å². The van der Waals surface area contributed by atoms with Gasteiger partial charge < -0.3 is 28.4 Å². The lowest BCUT2D eigenvalue weighted by Crippen LogP contribution is -2.42. The van der Waals surface area contributed by atoms with Crippen molar-refractivity contribution in [2.24, 2.45) is 5.92 Å². The van der Waals surface area contributed by atoms with E-state index in [0.717, 1.165) is 52.7 Å². The summed E-state index contributed by atoms with van der Waals surface area (Å²) in [5.74, 6) is 3.13. The highest BCUT2D eigenvalue weighted by Gasteiger charge is 2.55. The summed E-state index contributed by atoms with van der Waals surface area (Å²) in [6.07, 6.45) is 1.59. The summed E-state index contributed by atoms with van der Waals surface area (Å²) in [7, 11) is 0. The fourth-order valence-corrected chi connectivity index (χ4v) is 5.09. The van der Waals surface area contributed by atoms with Crippen LogP contribution in [-0.2, 0) is 16.9 Å². The number of ether oxygens (including phenoxy) is 6. The van der Waals surface area contributed by atoms with Gasteiger partial charge in [-0.2, -0.15) is 0 Å². The molecule has 4 heterocycles. The zero-order valence-corrected chi connectivity index (χ0v) is 16.7. The van der Waals surface area contributed by atoms with Crippen LogP contribution in [0.15, 0.2) is 60.7 Å². The lowest BCUT2D eigenvalue weighted by Gasteiger charge is -2.39. The van der Waals surface area contributed by atoms with Crippen molar-refractivity contribution in [3.05, 3.63) is 77.4 Å². The van der Waals surface area contributed by atoms with Crippen molar-refractivity contribution >= 4 is 0 Å². The zero-order valence-electron chi connectivity index (χ0n) is 16.7. The van der Waals surface area contributed by atoms with E-state index in [0.29, 0.717) is 0 Å². The van der Waals surface area contributed by atoms with Crippen LogP contribution in [0.3, 0.4) is 0 Å². The quantitative estimate of drug-likeness (QED) is 0.603. The molecule has 0 aliphatic carbocycles. The largest absolute Gasteiger partial charge is 0.457 e. The average molecular weight is 416 g/mol. The van der Waals surface area contributed by atoms with Gasteiger partial charge in [0.1, 0.15) is 5.75 Å². The first-order valence-electron chi connectivity index (χ1n) is 10.5. The molecule has 156 valence electrons. The second-order valence-corrected chi connectivity index (χ2v) is 8.30. The number of benzene rings is 3. The second-order valence-electron chi connectivity index (χ2n) is 8.30. The summed E-state index contributed by atoms with van der Waals surface area (Å²) in [6, 6.07) is 20.2. The fourth-order valence-electron chi connectivity index (χ4n) is 5.09. The minimum atomic E-state index is -0.892. The molecule has 0 saturated carbocycles. The van der Waals surface area contributed by atoms with Gasteiger partial charge in [0.15, 0.2) is 23.0 Å². The molecule has 31 heavy (non-hydrogen) atoms. The molecule has 0 radical (unpaired) electrons. The van der Waals surface area contributed by atoms with E-state index in [1.807, 2.05) is 42.5 Å². The molecule has 3 aromatic rings. The van der Waals surface area contributed by atoms with E-state index < -0.39 is 5.79 Å². The molecule has 4 aliphatic heterocycles. The molecule has 6 heteroatoms. The van der Waals surface area contributed by atoms with Crippen molar-refractivity contribution in [3.8, 4) is 28.7 Å². The Labute approximate surface area is 179 Å². The predicted molar refractivity (Wildman–Crippen MR) is 110 cm³/mol. The smallest absolute Gasteiger partial charge is 0.241 e. The van der Waals surface area contributed by atoms with E-state index in [4.69, 9.17) is 28.4 Å². The molecular formula is C25H20O6. The topological polar surface area (TPSA) is 55.4 Å². The highest BCUT2D eigenvalue weighted by molar-refractivity contribution is 5.49. The monoisotopic (exact) mass is 416 g/mol. The molecule has 3 atom stereocenters. The summed E-state index contributed by atoms with van der Waals surface area (Å²) >= 11 is 0. The number of para-hydroxylation sites is 1. The fraction of sp³-hybridized carbons (Fsp3) is 0.280. The SMILES string of the molecule is c1ccc2c(c1)C[C@@H]1C[C@@H](c3ccc4c(c3)OCO4)O[C@]1(c1ccc3c(c1)OCO3)O2. The maximum absolute atomic E-state index is 6.79. The lowest BCUT2D eigenvalue weighted by molar-refractivity contribution is -0.209. The zero-order chi connectivity index (χ0) is 20.4. The molecule has 0 spiro atoms. The summed E-state index contributed by atoms with van der Waals surface area (Å²) in [4.78, 5) is 0. The van der Waals surface area contributed by atoms with E-state index in [-0.39, 0.29) is 25.6 Å². The van der Waals surface area contributed by atoms with Gasteiger partial charge in [0.25, 0.3) is 0 Å². The second kappa shape index (κ2) is 6.31. The van der Waals surface area contributed by atoms with Crippen molar-refractivity contribution in [1.82, 2.24) is 0 Å². The summed E-state index contributed by atoms with van der Waals surface area (Å²) in [5.41, 5.74) is 3.21. The first-order valence-corrected chi connectivity index (χ1v) is 10.5. The van der Waals surface area contributed by atoms with Crippen LogP contribution < -0.4 is 23.7 Å². The molecule has 0 unspecified atom stereocenters. The molecule has 1 fully saturated rings. The summed E-state index contributed by atoms with van der Waals surface area (Å²) in [5, 5.41) is 0. The minimum absolute atomic E-state index is 0.126. The Hall–Kier alpha value is -3.38. The normalized spacial score (nSPS) is 26.8. The Morgan fingerprint density at radius 1 is 0.710 bits per heavy atom. The van der Waals surface area contributed by atoms with E-state index in [1.165, 1.54) is 5.56 Å². The van der Waals surface area contributed by atoms with Crippen LogP contribution >= 0.6 is 0 Å². The van der Waals surface area contributed by atoms with Gasteiger partial charge in [-0.1, -0.05) is 24.3 Å². The van der Waals surface area contributed by atoms with Gasteiger partial charge in [0.2, 0.25) is 19.4 Å². The van der Waals surface area contributed by atoms with Gasteiger partial charge in [-0.15, -0.1) is 0 Å². The Morgan fingerprint density at radius 2 is 1.45 bits per heavy atom. The third-order valence-corrected chi connectivity index (χ3v) is 6.60. The molecule has 0 bridgehead atoms. The number of hydrogen-bond donors (Lipinski definition) is 0. The Kier molecular flexibility index (Phi) is 3.52. The van der Waals surface area contributed by atoms with Gasteiger partial charge in [-0.25, -0.2) is 0 Å². The standard InChI is InChI=1S/C25H20O6/c1-2-4-19-15(3-1)9-18-12-22(16-5-7-20-23(10-16)28-13-26-20)31-25(18,30-19)17-6-8-21-24(11-17)29-14-27-21/h1-8,10-11,18,22H,9,12-14H2/t18-,22+,25+/m1/s1. The molecule has 7 rings (SSSR count). The Morgan fingerprint density at radius 3 is 2.32 bits per heavy atom. The molecule has 3 aromatic carbocycles. The summed E-state index contributed by atoms with van der Waals surface area (Å²) in [6.45, 7) is 0.492. The molecule has 6 nitrogen and oxygen atoms in total. The van der Waals surface area contributed by atoms with Crippen LogP contribution in [0, 0.1) is 5.92 Å². The Balaban J connectivity index is 1.32. The van der Waals surface area contributed by atoms with Crippen LogP contribution in [0.5, 0.6) is 28.7 Å². The maximum atomic E-state index is 6.79. The van der Waals surface area contributed by atoms with Crippen molar-refractivity contribution in [3.63, 3.8) is 0 Å². The van der Waals surface area contributed by atoms with Gasteiger partial charge in [-0.3, -0.25) is 0 Å². The first-order chi connectivity index (χ1) is 15.3. The number of fused-ring (bicyclic) bond motifs is 4. The number of rotatable bonds is 2. The van der Waals surface area contributed by atoms with Gasteiger partial charge in [-0.05, 0) is 60.4 Å². The van der Waals surface area contributed by atoms with Crippen LogP contribution in [-0.4, -0.2) is 13.6 Å². The van der Waals surface area contributed by atoms with Gasteiger partial charge in [0.05, 0.1) is 6.10 Å². The van der Waals surface area contributed by atoms with Crippen LogP contribution in [0.25, 0.3) is 0 Å². The van der Waals surface area contributed by atoms with Gasteiger partial charge in [0, 0.05) is 11.5 Å². The van der Waals surface area contributed by atoms with Crippen LogP contribution in [0.2, 0.25) is 0 Å².